The number of sulfonamides is 1. The van der Waals surface area contributed by atoms with Gasteiger partial charge in [0.2, 0.25) is 10.0 Å². The molecule has 1 saturated carbocycles. The standard InChI is InChI=1S/C18H27FN2O3S/c1-14(2)21(17-6-4-3-5-7-17)25(23,24)13-12-20-18(22)15-8-10-16(19)11-9-15/h8-11,14,17H,3-7,12-13H2,1-2H3,(H,20,22). The van der Waals surface area contributed by atoms with Crippen molar-refractivity contribution in [1.82, 2.24) is 9.62 Å². The highest BCUT2D eigenvalue weighted by molar-refractivity contribution is 7.89. The molecular weight excluding hydrogens is 343 g/mol. The molecule has 0 heterocycles. The number of carbonyl (C=O) groups is 1. The number of halogens is 1. The normalized spacial score (nSPS) is 16.4. The SMILES string of the molecule is CC(C)N(C1CCCCC1)S(=O)(=O)CCNC(=O)c1ccc(F)cc1. The van der Waals surface area contributed by atoms with Crippen LogP contribution in [-0.4, -0.2) is 43.0 Å². The number of rotatable bonds is 7. The Balaban J connectivity index is 1.94. The highest BCUT2D eigenvalue weighted by Crippen LogP contribution is 2.26. The molecule has 1 aromatic carbocycles. The topological polar surface area (TPSA) is 66.5 Å². The van der Waals surface area contributed by atoms with Crippen molar-refractivity contribution >= 4 is 15.9 Å². The Bertz CT molecular complexity index is 668. The summed E-state index contributed by atoms with van der Waals surface area (Å²) in [6, 6.07) is 5.13. The molecule has 140 valence electrons. The summed E-state index contributed by atoms with van der Waals surface area (Å²) >= 11 is 0. The maximum atomic E-state index is 12.9. The molecule has 1 amide bonds. The van der Waals surface area contributed by atoms with E-state index in [0.29, 0.717) is 5.56 Å². The number of benzene rings is 1. The predicted molar refractivity (Wildman–Crippen MR) is 96.4 cm³/mol. The van der Waals surface area contributed by atoms with E-state index < -0.39 is 21.7 Å². The van der Waals surface area contributed by atoms with Crippen LogP contribution < -0.4 is 5.32 Å². The van der Waals surface area contributed by atoms with Crippen LogP contribution in [0.25, 0.3) is 0 Å². The third kappa shape index (κ3) is 5.51. The first-order valence-electron chi connectivity index (χ1n) is 8.86. The Morgan fingerprint density at radius 2 is 1.80 bits per heavy atom. The molecule has 0 atom stereocenters. The summed E-state index contributed by atoms with van der Waals surface area (Å²) in [4.78, 5) is 12.0. The average molecular weight is 370 g/mol. The summed E-state index contributed by atoms with van der Waals surface area (Å²) in [6.45, 7) is 3.82. The molecule has 7 heteroatoms. The van der Waals surface area contributed by atoms with Crippen molar-refractivity contribution in [2.75, 3.05) is 12.3 Å². The zero-order chi connectivity index (χ0) is 18.4. The summed E-state index contributed by atoms with van der Waals surface area (Å²) in [5.41, 5.74) is 0.312. The largest absolute Gasteiger partial charge is 0.351 e. The first kappa shape index (κ1) is 19.8. The molecule has 0 radical (unpaired) electrons. The molecule has 0 aromatic heterocycles. The molecule has 25 heavy (non-hydrogen) atoms. The molecule has 0 spiro atoms. The third-order valence-corrected chi connectivity index (χ3v) is 6.60. The number of hydrogen-bond donors (Lipinski definition) is 1. The molecule has 1 aromatic rings. The molecule has 1 aliphatic rings. The maximum absolute atomic E-state index is 12.9. The van der Waals surface area contributed by atoms with E-state index in [1.807, 2.05) is 13.8 Å². The van der Waals surface area contributed by atoms with Crippen molar-refractivity contribution in [3.8, 4) is 0 Å². The number of amides is 1. The highest BCUT2D eigenvalue weighted by Gasteiger charge is 2.32. The maximum Gasteiger partial charge on any atom is 0.251 e. The predicted octanol–water partition coefficient (Wildman–Crippen LogP) is 2.93. The fourth-order valence-electron chi connectivity index (χ4n) is 3.41. The van der Waals surface area contributed by atoms with E-state index in [1.165, 1.54) is 24.3 Å². The summed E-state index contributed by atoms with van der Waals surface area (Å²) < 4.78 is 40.0. The molecule has 5 nitrogen and oxygen atoms in total. The second kappa shape index (κ2) is 8.76. The lowest BCUT2D eigenvalue weighted by molar-refractivity contribution is 0.0956. The second-order valence-electron chi connectivity index (χ2n) is 6.79. The van der Waals surface area contributed by atoms with Gasteiger partial charge in [-0.2, -0.15) is 4.31 Å². The molecule has 2 rings (SSSR count). The van der Waals surface area contributed by atoms with Crippen molar-refractivity contribution in [2.24, 2.45) is 0 Å². The zero-order valence-electron chi connectivity index (χ0n) is 14.9. The van der Waals surface area contributed by atoms with E-state index in [0.717, 1.165) is 32.1 Å². The number of nitrogens with zero attached hydrogens (tertiary/aromatic N) is 1. The monoisotopic (exact) mass is 370 g/mol. The van der Waals surface area contributed by atoms with Crippen LogP contribution in [0.2, 0.25) is 0 Å². The van der Waals surface area contributed by atoms with E-state index >= 15 is 0 Å². The Hall–Kier alpha value is -1.47. The van der Waals surface area contributed by atoms with Crippen molar-refractivity contribution < 1.29 is 17.6 Å². The lowest BCUT2D eigenvalue weighted by Crippen LogP contribution is -2.48. The number of nitrogens with one attached hydrogen (secondary N) is 1. The smallest absolute Gasteiger partial charge is 0.251 e. The Labute approximate surface area is 149 Å². The fourth-order valence-corrected chi connectivity index (χ4v) is 5.29. The van der Waals surface area contributed by atoms with Gasteiger partial charge in [0.15, 0.2) is 0 Å². The van der Waals surface area contributed by atoms with Gasteiger partial charge >= 0.3 is 0 Å². The van der Waals surface area contributed by atoms with Gasteiger partial charge in [-0.15, -0.1) is 0 Å². The van der Waals surface area contributed by atoms with Gasteiger partial charge in [-0.25, -0.2) is 12.8 Å². The van der Waals surface area contributed by atoms with Crippen LogP contribution in [0.4, 0.5) is 4.39 Å². The van der Waals surface area contributed by atoms with Crippen LogP contribution in [0, 0.1) is 5.82 Å². The van der Waals surface area contributed by atoms with Gasteiger partial charge in [0.25, 0.3) is 5.91 Å². The van der Waals surface area contributed by atoms with Crippen LogP contribution in [0.15, 0.2) is 24.3 Å². The van der Waals surface area contributed by atoms with Gasteiger partial charge in [-0.05, 0) is 51.0 Å². The van der Waals surface area contributed by atoms with Gasteiger partial charge in [0.1, 0.15) is 5.82 Å². The van der Waals surface area contributed by atoms with Crippen molar-refractivity contribution in [3.05, 3.63) is 35.6 Å². The van der Waals surface area contributed by atoms with Crippen molar-refractivity contribution in [2.45, 2.75) is 58.0 Å². The summed E-state index contributed by atoms with van der Waals surface area (Å²) in [6.07, 6.45) is 5.09. The minimum absolute atomic E-state index is 0.0362. The molecule has 1 N–H and O–H groups in total. The minimum Gasteiger partial charge on any atom is -0.351 e. The van der Waals surface area contributed by atoms with Crippen molar-refractivity contribution in [3.63, 3.8) is 0 Å². The lowest BCUT2D eigenvalue weighted by Gasteiger charge is -2.36. The van der Waals surface area contributed by atoms with Gasteiger partial charge in [0, 0.05) is 24.2 Å². The fraction of sp³-hybridized carbons (Fsp3) is 0.611. The zero-order valence-corrected chi connectivity index (χ0v) is 15.7. The van der Waals surface area contributed by atoms with E-state index in [1.54, 1.807) is 4.31 Å². The first-order valence-corrected chi connectivity index (χ1v) is 10.5. The van der Waals surface area contributed by atoms with Crippen LogP contribution in [0.3, 0.4) is 0 Å². The summed E-state index contributed by atoms with van der Waals surface area (Å²) in [5.74, 6) is -0.947. The quantitative estimate of drug-likeness (QED) is 0.802. The van der Waals surface area contributed by atoms with Crippen LogP contribution in [0.1, 0.15) is 56.3 Å². The minimum atomic E-state index is -3.45. The number of carbonyl (C=O) groups excluding carboxylic acids is 1. The molecule has 1 aliphatic carbocycles. The second-order valence-corrected chi connectivity index (χ2v) is 8.79. The highest BCUT2D eigenvalue weighted by atomic mass is 32.2. The summed E-state index contributed by atoms with van der Waals surface area (Å²) in [5, 5.41) is 2.60. The number of hydrogen-bond acceptors (Lipinski definition) is 3. The Morgan fingerprint density at radius 3 is 2.36 bits per heavy atom. The van der Waals surface area contributed by atoms with Crippen molar-refractivity contribution in [1.29, 1.82) is 0 Å². The van der Waals surface area contributed by atoms with Gasteiger partial charge < -0.3 is 5.32 Å². The molecule has 0 bridgehead atoms. The first-order chi connectivity index (χ1) is 11.8. The van der Waals surface area contributed by atoms with Crippen LogP contribution >= 0.6 is 0 Å². The van der Waals surface area contributed by atoms with E-state index in [4.69, 9.17) is 0 Å². The molecular formula is C18H27FN2O3S. The molecule has 0 aliphatic heterocycles. The molecule has 0 saturated heterocycles. The third-order valence-electron chi connectivity index (χ3n) is 4.52. The van der Waals surface area contributed by atoms with Gasteiger partial charge in [0.05, 0.1) is 5.75 Å². The molecule has 1 fully saturated rings. The Morgan fingerprint density at radius 1 is 1.20 bits per heavy atom. The van der Waals surface area contributed by atoms with Crippen LogP contribution in [-0.2, 0) is 10.0 Å². The van der Waals surface area contributed by atoms with Gasteiger partial charge in [-0.3, -0.25) is 4.79 Å². The lowest BCUT2D eigenvalue weighted by atomic mass is 9.95. The van der Waals surface area contributed by atoms with E-state index in [-0.39, 0.29) is 24.4 Å². The van der Waals surface area contributed by atoms with Gasteiger partial charge in [-0.1, -0.05) is 19.3 Å². The average Bonchev–Trinajstić information content (AvgIpc) is 2.55. The summed E-state index contributed by atoms with van der Waals surface area (Å²) in [7, 11) is -3.45. The van der Waals surface area contributed by atoms with E-state index in [9.17, 15) is 17.6 Å². The molecule has 0 unspecified atom stereocenters. The van der Waals surface area contributed by atoms with E-state index in [2.05, 4.69) is 5.32 Å². The Kier molecular flexibility index (Phi) is 6.95. The van der Waals surface area contributed by atoms with Crippen LogP contribution in [0.5, 0.6) is 0 Å².